The summed E-state index contributed by atoms with van der Waals surface area (Å²) >= 11 is 2.02. The number of thioether (sulfide) groups is 1. The van der Waals surface area contributed by atoms with Gasteiger partial charge in [-0.1, -0.05) is 12.5 Å². The first-order valence-electron chi connectivity index (χ1n) is 5.93. The Labute approximate surface area is 102 Å². The molecule has 1 saturated carbocycles. The van der Waals surface area contributed by atoms with Crippen LogP contribution < -0.4 is 0 Å². The molecule has 0 amide bonds. The molecule has 2 rings (SSSR count). The summed E-state index contributed by atoms with van der Waals surface area (Å²) in [5.41, 5.74) is 1.32. The molecular weight excluding hydrogens is 216 g/mol. The van der Waals surface area contributed by atoms with Crippen molar-refractivity contribution in [1.29, 1.82) is 0 Å². The van der Waals surface area contributed by atoms with Gasteiger partial charge in [-0.3, -0.25) is 9.88 Å². The Hall–Kier alpha value is -0.540. The van der Waals surface area contributed by atoms with Crippen LogP contribution in [0.25, 0.3) is 0 Å². The number of nitrogens with zero attached hydrogens (tertiary/aromatic N) is 2. The Morgan fingerprint density at radius 3 is 3.06 bits per heavy atom. The van der Waals surface area contributed by atoms with Crippen molar-refractivity contribution < 1.29 is 0 Å². The first kappa shape index (κ1) is 11.9. The summed E-state index contributed by atoms with van der Waals surface area (Å²) in [6, 6.07) is 4.92. The molecule has 1 aromatic rings. The third-order valence-corrected chi connectivity index (χ3v) is 4.60. The van der Waals surface area contributed by atoms with E-state index in [2.05, 4.69) is 29.3 Å². The van der Waals surface area contributed by atoms with E-state index in [1.54, 1.807) is 0 Å². The van der Waals surface area contributed by atoms with Crippen molar-refractivity contribution in [2.75, 3.05) is 13.3 Å². The summed E-state index contributed by atoms with van der Waals surface area (Å²) in [4.78, 5) is 6.66. The lowest BCUT2D eigenvalue weighted by molar-refractivity contribution is 0.241. The van der Waals surface area contributed by atoms with Crippen LogP contribution in [0.15, 0.2) is 24.5 Å². The van der Waals surface area contributed by atoms with Crippen LogP contribution in [0.5, 0.6) is 0 Å². The quantitative estimate of drug-likeness (QED) is 0.799. The van der Waals surface area contributed by atoms with Crippen molar-refractivity contribution in [3.05, 3.63) is 30.1 Å². The fraction of sp³-hybridized carbons (Fsp3) is 0.615. The van der Waals surface area contributed by atoms with Gasteiger partial charge in [-0.25, -0.2) is 0 Å². The lowest BCUT2D eigenvalue weighted by atomic mass is 10.2. The first-order chi connectivity index (χ1) is 7.81. The first-order valence-corrected chi connectivity index (χ1v) is 7.22. The monoisotopic (exact) mass is 236 g/mol. The Morgan fingerprint density at radius 1 is 1.50 bits per heavy atom. The van der Waals surface area contributed by atoms with Gasteiger partial charge in [0.2, 0.25) is 0 Å². The molecule has 0 aliphatic heterocycles. The molecule has 1 aromatic heterocycles. The third-order valence-electron chi connectivity index (χ3n) is 3.44. The number of pyridine rings is 1. The summed E-state index contributed by atoms with van der Waals surface area (Å²) in [5, 5.41) is 0.821. The maximum atomic E-state index is 4.17. The SMILES string of the molecule is CS[C@@H]1CCC[C@H]1N(C)Cc1cccnc1. The van der Waals surface area contributed by atoms with Gasteiger partial charge in [0.15, 0.2) is 0 Å². The van der Waals surface area contributed by atoms with Gasteiger partial charge in [0, 0.05) is 30.2 Å². The molecule has 0 saturated heterocycles. The second-order valence-electron chi connectivity index (χ2n) is 4.55. The molecule has 0 radical (unpaired) electrons. The van der Waals surface area contributed by atoms with Crippen molar-refractivity contribution in [1.82, 2.24) is 9.88 Å². The molecule has 3 heteroatoms. The zero-order valence-electron chi connectivity index (χ0n) is 10.1. The summed E-state index contributed by atoms with van der Waals surface area (Å²) < 4.78 is 0. The standard InChI is InChI=1S/C13H20N2S/c1-15(10-11-5-4-8-14-9-11)12-6-3-7-13(12)16-2/h4-5,8-9,12-13H,3,6-7,10H2,1-2H3/t12-,13-/m1/s1. The highest BCUT2D eigenvalue weighted by Crippen LogP contribution is 2.32. The van der Waals surface area contributed by atoms with Gasteiger partial charge in [0.1, 0.15) is 0 Å². The van der Waals surface area contributed by atoms with Crippen molar-refractivity contribution in [2.24, 2.45) is 0 Å². The second kappa shape index (κ2) is 5.69. The van der Waals surface area contributed by atoms with Crippen molar-refractivity contribution >= 4 is 11.8 Å². The zero-order chi connectivity index (χ0) is 11.4. The highest BCUT2D eigenvalue weighted by molar-refractivity contribution is 7.99. The Kier molecular flexibility index (Phi) is 4.24. The van der Waals surface area contributed by atoms with Gasteiger partial charge < -0.3 is 0 Å². The van der Waals surface area contributed by atoms with E-state index in [0.29, 0.717) is 0 Å². The van der Waals surface area contributed by atoms with Crippen molar-refractivity contribution in [2.45, 2.75) is 37.1 Å². The van der Waals surface area contributed by atoms with Crippen LogP contribution in [-0.4, -0.2) is 34.5 Å². The van der Waals surface area contributed by atoms with E-state index < -0.39 is 0 Å². The second-order valence-corrected chi connectivity index (χ2v) is 5.63. The normalized spacial score (nSPS) is 25.2. The Bertz CT molecular complexity index is 315. The molecule has 88 valence electrons. The van der Waals surface area contributed by atoms with Crippen LogP contribution in [-0.2, 0) is 6.54 Å². The zero-order valence-corrected chi connectivity index (χ0v) is 10.9. The van der Waals surface area contributed by atoms with E-state index in [4.69, 9.17) is 0 Å². The van der Waals surface area contributed by atoms with Crippen LogP contribution >= 0.6 is 11.8 Å². The minimum Gasteiger partial charge on any atom is -0.298 e. The predicted octanol–water partition coefficient (Wildman–Crippen LogP) is 2.80. The van der Waals surface area contributed by atoms with E-state index >= 15 is 0 Å². The van der Waals surface area contributed by atoms with Gasteiger partial charge in [-0.2, -0.15) is 11.8 Å². The van der Waals surface area contributed by atoms with Gasteiger partial charge in [-0.05, 0) is 37.8 Å². The minimum absolute atomic E-state index is 0.746. The molecular formula is C13H20N2S. The smallest absolute Gasteiger partial charge is 0.0312 e. The van der Waals surface area contributed by atoms with E-state index in [1.165, 1.54) is 24.8 Å². The largest absolute Gasteiger partial charge is 0.298 e. The highest BCUT2D eigenvalue weighted by Gasteiger charge is 2.29. The van der Waals surface area contributed by atoms with Gasteiger partial charge in [-0.15, -0.1) is 0 Å². The maximum Gasteiger partial charge on any atom is 0.0312 e. The molecule has 0 unspecified atom stereocenters. The van der Waals surface area contributed by atoms with E-state index in [1.807, 2.05) is 30.2 Å². The van der Waals surface area contributed by atoms with Gasteiger partial charge in [0.05, 0.1) is 0 Å². The summed E-state index contributed by atoms with van der Waals surface area (Å²) in [5.74, 6) is 0. The average molecular weight is 236 g/mol. The fourth-order valence-electron chi connectivity index (χ4n) is 2.58. The van der Waals surface area contributed by atoms with Crippen molar-refractivity contribution in [3.63, 3.8) is 0 Å². The fourth-order valence-corrected chi connectivity index (χ4v) is 3.64. The molecule has 0 spiro atoms. The highest BCUT2D eigenvalue weighted by atomic mass is 32.2. The summed E-state index contributed by atoms with van der Waals surface area (Å²) in [6.45, 7) is 1.02. The molecule has 16 heavy (non-hydrogen) atoms. The topological polar surface area (TPSA) is 16.1 Å². The molecule has 0 aromatic carbocycles. The third kappa shape index (κ3) is 2.77. The van der Waals surface area contributed by atoms with Crippen LogP contribution in [0.1, 0.15) is 24.8 Å². The summed E-state index contributed by atoms with van der Waals surface area (Å²) in [7, 11) is 2.24. The van der Waals surface area contributed by atoms with Gasteiger partial charge in [0.25, 0.3) is 0 Å². The number of hydrogen-bond donors (Lipinski definition) is 0. The minimum atomic E-state index is 0.746. The van der Waals surface area contributed by atoms with Crippen molar-refractivity contribution in [3.8, 4) is 0 Å². The lowest BCUT2D eigenvalue weighted by Gasteiger charge is -2.28. The van der Waals surface area contributed by atoms with Crippen LogP contribution in [0, 0.1) is 0 Å². The molecule has 1 fully saturated rings. The number of aromatic nitrogens is 1. The van der Waals surface area contributed by atoms with E-state index in [9.17, 15) is 0 Å². The maximum absolute atomic E-state index is 4.17. The Balaban J connectivity index is 1.95. The molecule has 2 atom stereocenters. The van der Waals surface area contributed by atoms with E-state index in [-0.39, 0.29) is 0 Å². The number of rotatable bonds is 4. The Morgan fingerprint density at radius 2 is 2.38 bits per heavy atom. The molecule has 1 heterocycles. The van der Waals surface area contributed by atoms with Gasteiger partial charge >= 0.3 is 0 Å². The molecule has 0 bridgehead atoms. The average Bonchev–Trinajstić information content (AvgIpc) is 2.78. The van der Waals surface area contributed by atoms with Crippen LogP contribution in [0.2, 0.25) is 0 Å². The lowest BCUT2D eigenvalue weighted by Crippen LogP contribution is -2.35. The molecule has 1 aliphatic rings. The van der Waals surface area contributed by atoms with Crippen LogP contribution in [0.4, 0.5) is 0 Å². The molecule has 1 aliphatic carbocycles. The number of hydrogen-bond acceptors (Lipinski definition) is 3. The van der Waals surface area contributed by atoms with Crippen LogP contribution in [0.3, 0.4) is 0 Å². The summed E-state index contributed by atoms with van der Waals surface area (Å²) in [6.07, 6.45) is 10.2. The predicted molar refractivity (Wildman–Crippen MR) is 70.6 cm³/mol. The molecule has 2 nitrogen and oxygen atoms in total. The molecule has 0 N–H and O–H groups in total. The van der Waals surface area contributed by atoms with E-state index in [0.717, 1.165) is 17.8 Å².